The Morgan fingerprint density at radius 3 is 2.85 bits per heavy atom. The van der Waals surface area contributed by atoms with E-state index >= 15 is 0 Å². The molecule has 5 nitrogen and oxygen atoms in total. The summed E-state index contributed by atoms with van der Waals surface area (Å²) in [5.74, 6) is 2.41. The Kier molecular flexibility index (Phi) is 4.86. The van der Waals surface area contributed by atoms with Gasteiger partial charge in [0.25, 0.3) is 0 Å². The van der Waals surface area contributed by atoms with Crippen molar-refractivity contribution in [3.05, 3.63) is 58.7 Å². The van der Waals surface area contributed by atoms with Crippen LogP contribution in [0.5, 0.6) is 11.5 Å². The molecule has 3 aromatic rings. The highest BCUT2D eigenvalue weighted by Crippen LogP contribution is 2.32. The third-order valence-electron chi connectivity index (χ3n) is 4.63. The van der Waals surface area contributed by atoms with E-state index in [2.05, 4.69) is 27.4 Å². The zero-order chi connectivity index (χ0) is 17.9. The van der Waals surface area contributed by atoms with E-state index in [0.29, 0.717) is 0 Å². The van der Waals surface area contributed by atoms with E-state index in [1.54, 1.807) is 25.6 Å². The first-order valence-electron chi connectivity index (χ1n) is 8.59. The number of fused-ring (bicyclic) bond motifs is 1. The average Bonchev–Trinajstić information content (AvgIpc) is 3.22. The molecule has 1 aliphatic rings. The van der Waals surface area contributed by atoms with Crippen molar-refractivity contribution in [1.29, 1.82) is 0 Å². The predicted molar refractivity (Wildman–Crippen MR) is 103 cm³/mol. The molecule has 0 bridgehead atoms. The number of rotatable bonds is 5. The van der Waals surface area contributed by atoms with Crippen LogP contribution in [0.4, 0.5) is 0 Å². The minimum Gasteiger partial charge on any atom is -0.493 e. The van der Waals surface area contributed by atoms with Gasteiger partial charge in [0.15, 0.2) is 17.3 Å². The van der Waals surface area contributed by atoms with Gasteiger partial charge in [-0.05, 0) is 17.5 Å². The number of thiophene rings is 1. The highest BCUT2D eigenvalue weighted by Gasteiger charge is 2.21. The highest BCUT2D eigenvalue weighted by molar-refractivity contribution is 7.13. The summed E-state index contributed by atoms with van der Waals surface area (Å²) in [7, 11) is 3.36. The molecule has 134 valence electrons. The Morgan fingerprint density at radius 1 is 1.15 bits per heavy atom. The van der Waals surface area contributed by atoms with Crippen molar-refractivity contribution in [2.24, 2.45) is 0 Å². The van der Waals surface area contributed by atoms with E-state index in [9.17, 15) is 0 Å². The average molecular weight is 367 g/mol. The van der Waals surface area contributed by atoms with Crippen molar-refractivity contribution in [3.63, 3.8) is 0 Å². The molecule has 0 unspecified atom stereocenters. The van der Waals surface area contributed by atoms with Gasteiger partial charge >= 0.3 is 0 Å². The fraction of sp³-hybridized carbons (Fsp3) is 0.300. The first kappa shape index (κ1) is 17.0. The second kappa shape index (κ2) is 7.43. The third kappa shape index (κ3) is 3.30. The van der Waals surface area contributed by atoms with Crippen LogP contribution in [-0.4, -0.2) is 35.6 Å². The zero-order valence-corrected chi connectivity index (χ0v) is 15.8. The molecule has 0 spiro atoms. The lowest BCUT2D eigenvalue weighted by Crippen LogP contribution is -2.31. The lowest BCUT2D eigenvalue weighted by Gasteiger charge is -2.28. The van der Waals surface area contributed by atoms with E-state index in [1.165, 1.54) is 5.56 Å². The normalized spacial score (nSPS) is 14.1. The molecule has 6 heteroatoms. The van der Waals surface area contributed by atoms with Crippen molar-refractivity contribution in [3.8, 4) is 22.2 Å². The zero-order valence-electron chi connectivity index (χ0n) is 14.9. The molecule has 1 aromatic carbocycles. The lowest BCUT2D eigenvalue weighted by atomic mass is 10.1. The summed E-state index contributed by atoms with van der Waals surface area (Å²) in [4.78, 5) is 12.9. The molecule has 0 aliphatic carbocycles. The molecule has 1 aliphatic heterocycles. The monoisotopic (exact) mass is 367 g/mol. The van der Waals surface area contributed by atoms with Gasteiger partial charge in [-0.2, -0.15) is 0 Å². The molecule has 0 saturated carbocycles. The highest BCUT2D eigenvalue weighted by atomic mass is 32.1. The van der Waals surface area contributed by atoms with Gasteiger partial charge in [-0.1, -0.05) is 18.2 Å². The molecule has 4 rings (SSSR count). The summed E-state index contributed by atoms with van der Waals surface area (Å²) >= 11 is 1.68. The van der Waals surface area contributed by atoms with E-state index in [0.717, 1.165) is 59.5 Å². The van der Waals surface area contributed by atoms with Crippen LogP contribution in [-0.2, 0) is 19.5 Å². The lowest BCUT2D eigenvalue weighted by molar-refractivity contribution is 0.238. The predicted octanol–water partition coefficient (Wildman–Crippen LogP) is 3.78. The van der Waals surface area contributed by atoms with Gasteiger partial charge in [-0.15, -0.1) is 11.3 Å². The Balaban J connectivity index is 1.53. The van der Waals surface area contributed by atoms with Gasteiger partial charge in [0, 0.05) is 43.4 Å². The van der Waals surface area contributed by atoms with E-state index in [-0.39, 0.29) is 0 Å². The summed E-state index contributed by atoms with van der Waals surface area (Å²) in [5.41, 5.74) is 3.50. The van der Waals surface area contributed by atoms with Crippen LogP contribution in [0.1, 0.15) is 16.8 Å². The Hall–Kier alpha value is -2.44. The van der Waals surface area contributed by atoms with Gasteiger partial charge < -0.3 is 9.47 Å². The molecule has 0 N–H and O–H groups in total. The van der Waals surface area contributed by atoms with Gasteiger partial charge in [0.2, 0.25) is 0 Å². The number of methoxy groups -OCH3 is 2. The molecule has 0 fully saturated rings. The Labute approximate surface area is 157 Å². The maximum Gasteiger partial charge on any atom is 0.169 e. The maximum absolute atomic E-state index is 5.56. The first-order chi connectivity index (χ1) is 12.8. The van der Waals surface area contributed by atoms with E-state index < -0.39 is 0 Å². The molecular weight excluding hydrogens is 346 g/mol. The SMILES string of the molecule is COc1cccc(CN2CCc3nc(-c4cccs4)ncc3C2)c1OC. The smallest absolute Gasteiger partial charge is 0.169 e. The minimum atomic E-state index is 0.770. The number of ether oxygens (including phenoxy) is 2. The summed E-state index contributed by atoms with van der Waals surface area (Å²) in [6, 6.07) is 10.1. The van der Waals surface area contributed by atoms with E-state index in [4.69, 9.17) is 14.5 Å². The molecule has 0 radical (unpaired) electrons. The number of para-hydroxylation sites is 1. The van der Waals surface area contributed by atoms with Crippen molar-refractivity contribution in [2.75, 3.05) is 20.8 Å². The second-order valence-corrected chi connectivity index (χ2v) is 7.20. The second-order valence-electron chi connectivity index (χ2n) is 6.26. The van der Waals surface area contributed by atoms with Crippen molar-refractivity contribution < 1.29 is 9.47 Å². The molecule has 0 saturated heterocycles. The van der Waals surface area contributed by atoms with Crippen LogP contribution in [0.15, 0.2) is 41.9 Å². The van der Waals surface area contributed by atoms with Crippen LogP contribution in [0, 0.1) is 0 Å². The van der Waals surface area contributed by atoms with Crippen molar-refractivity contribution >= 4 is 11.3 Å². The van der Waals surface area contributed by atoms with Crippen molar-refractivity contribution in [2.45, 2.75) is 19.5 Å². The molecule has 0 amide bonds. The van der Waals surface area contributed by atoms with Crippen LogP contribution in [0.2, 0.25) is 0 Å². The Bertz CT molecular complexity index is 896. The van der Waals surface area contributed by atoms with Crippen LogP contribution < -0.4 is 9.47 Å². The van der Waals surface area contributed by atoms with E-state index in [1.807, 2.05) is 24.4 Å². The number of hydrogen-bond donors (Lipinski definition) is 0. The van der Waals surface area contributed by atoms with Crippen LogP contribution in [0.25, 0.3) is 10.7 Å². The third-order valence-corrected chi connectivity index (χ3v) is 5.50. The summed E-state index contributed by atoms with van der Waals surface area (Å²) < 4.78 is 11.0. The summed E-state index contributed by atoms with van der Waals surface area (Å²) in [5, 5.41) is 2.06. The van der Waals surface area contributed by atoms with Crippen LogP contribution >= 0.6 is 11.3 Å². The molecule has 0 atom stereocenters. The number of nitrogens with zero attached hydrogens (tertiary/aromatic N) is 3. The first-order valence-corrected chi connectivity index (χ1v) is 9.47. The Morgan fingerprint density at radius 2 is 2.08 bits per heavy atom. The maximum atomic E-state index is 5.56. The van der Waals surface area contributed by atoms with Gasteiger partial charge in [-0.3, -0.25) is 4.90 Å². The molecule has 3 heterocycles. The van der Waals surface area contributed by atoms with Crippen molar-refractivity contribution in [1.82, 2.24) is 14.9 Å². The summed E-state index contributed by atoms with van der Waals surface area (Å²) in [6.45, 7) is 2.63. The fourth-order valence-electron chi connectivity index (χ4n) is 3.35. The molecule has 26 heavy (non-hydrogen) atoms. The summed E-state index contributed by atoms with van der Waals surface area (Å²) in [6.07, 6.45) is 2.91. The van der Waals surface area contributed by atoms with Gasteiger partial charge in [0.1, 0.15) is 0 Å². The number of hydrogen-bond acceptors (Lipinski definition) is 6. The minimum absolute atomic E-state index is 0.770. The number of benzene rings is 1. The standard InChI is InChI=1S/C20H21N3O2S/c1-24-17-6-3-5-14(19(17)25-2)12-23-9-8-16-15(13-23)11-21-20(22-16)18-7-4-10-26-18/h3-7,10-11H,8-9,12-13H2,1-2H3. The topological polar surface area (TPSA) is 47.5 Å². The van der Waals surface area contributed by atoms with Gasteiger partial charge in [-0.25, -0.2) is 9.97 Å². The fourth-order valence-corrected chi connectivity index (χ4v) is 4.02. The number of aromatic nitrogens is 2. The van der Waals surface area contributed by atoms with Gasteiger partial charge in [0.05, 0.1) is 24.8 Å². The molecular formula is C20H21N3O2S. The van der Waals surface area contributed by atoms with Crippen LogP contribution in [0.3, 0.4) is 0 Å². The quantitative estimate of drug-likeness (QED) is 0.687. The molecule has 2 aromatic heterocycles. The largest absolute Gasteiger partial charge is 0.493 e.